The van der Waals surface area contributed by atoms with Gasteiger partial charge >= 0.3 is 0 Å². The third-order valence-corrected chi connectivity index (χ3v) is 2.84. The molecular weight excluding hydrogens is 228 g/mol. The second-order valence-corrected chi connectivity index (χ2v) is 4.13. The van der Waals surface area contributed by atoms with Crippen LogP contribution in [0.5, 0.6) is 5.75 Å². The zero-order chi connectivity index (χ0) is 12.7. The predicted molar refractivity (Wildman–Crippen MR) is 69.7 cm³/mol. The lowest BCUT2D eigenvalue weighted by Crippen LogP contribution is -1.98. The van der Waals surface area contributed by atoms with E-state index < -0.39 is 0 Å². The number of phenols is 1. The van der Waals surface area contributed by atoms with E-state index in [4.69, 9.17) is 5.73 Å². The summed E-state index contributed by atoms with van der Waals surface area (Å²) in [5.74, 6) is 0.167. The van der Waals surface area contributed by atoms with Crippen LogP contribution in [-0.4, -0.2) is 19.9 Å². The summed E-state index contributed by atoms with van der Waals surface area (Å²) in [6, 6.07) is 8.86. The standard InChI is InChI=1S/C13H12N4O/c1-8-10-6-9(14)7-15-13(10)17(16-8)11-4-2-3-5-12(11)18/h2-7,18H,14H2,1H3. The molecule has 0 saturated carbocycles. The van der Waals surface area contributed by atoms with Crippen molar-refractivity contribution in [2.24, 2.45) is 0 Å². The lowest BCUT2D eigenvalue weighted by Gasteiger charge is -2.04. The van der Waals surface area contributed by atoms with Crippen LogP contribution in [0.15, 0.2) is 36.5 Å². The molecule has 3 N–H and O–H groups in total. The summed E-state index contributed by atoms with van der Waals surface area (Å²) in [5.41, 5.74) is 8.44. The minimum absolute atomic E-state index is 0.167. The molecule has 0 saturated heterocycles. The van der Waals surface area contributed by atoms with E-state index in [-0.39, 0.29) is 5.75 Å². The Balaban J connectivity index is 2.34. The molecule has 0 spiro atoms. The minimum Gasteiger partial charge on any atom is -0.506 e. The van der Waals surface area contributed by atoms with Crippen molar-refractivity contribution in [3.63, 3.8) is 0 Å². The van der Waals surface area contributed by atoms with E-state index in [1.165, 1.54) is 0 Å². The summed E-state index contributed by atoms with van der Waals surface area (Å²) >= 11 is 0. The summed E-state index contributed by atoms with van der Waals surface area (Å²) in [7, 11) is 0. The van der Waals surface area contributed by atoms with E-state index in [0.717, 1.165) is 11.1 Å². The van der Waals surface area contributed by atoms with Gasteiger partial charge in [0, 0.05) is 5.39 Å². The lowest BCUT2D eigenvalue weighted by molar-refractivity contribution is 0.471. The van der Waals surface area contributed by atoms with Gasteiger partial charge in [-0.25, -0.2) is 9.67 Å². The van der Waals surface area contributed by atoms with Crippen LogP contribution < -0.4 is 5.73 Å². The largest absolute Gasteiger partial charge is 0.506 e. The number of pyridine rings is 1. The summed E-state index contributed by atoms with van der Waals surface area (Å²) in [5, 5.41) is 15.2. The van der Waals surface area contributed by atoms with Crippen LogP contribution in [-0.2, 0) is 0 Å². The molecule has 90 valence electrons. The van der Waals surface area contributed by atoms with Crippen molar-refractivity contribution in [3.05, 3.63) is 42.2 Å². The first-order chi connectivity index (χ1) is 8.66. The monoisotopic (exact) mass is 240 g/mol. The second kappa shape index (κ2) is 3.73. The fraction of sp³-hybridized carbons (Fsp3) is 0.0769. The van der Waals surface area contributed by atoms with Crippen LogP contribution >= 0.6 is 0 Å². The van der Waals surface area contributed by atoms with Gasteiger partial charge in [-0.1, -0.05) is 12.1 Å². The Morgan fingerprint density at radius 2 is 2.06 bits per heavy atom. The van der Waals surface area contributed by atoms with Gasteiger partial charge < -0.3 is 10.8 Å². The molecular formula is C13H12N4O. The van der Waals surface area contributed by atoms with E-state index in [9.17, 15) is 5.11 Å². The molecule has 2 aromatic heterocycles. The van der Waals surface area contributed by atoms with Crippen LogP contribution in [0.1, 0.15) is 5.69 Å². The number of rotatable bonds is 1. The summed E-state index contributed by atoms with van der Waals surface area (Å²) < 4.78 is 1.62. The number of nitrogens with two attached hydrogens (primary N) is 1. The van der Waals surface area contributed by atoms with E-state index in [1.54, 1.807) is 29.1 Å². The number of benzene rings is 1. The molecule has 0 radical (unpaired) electrons. The van der Waals surface area contributed by atoms with Gasteiger partial charge in [-0.2, -0.15) is 5.10 Å². The number of aryl methyl sites for hydroxylation is 1. The van der Waals surface area contributed by atoms with Gasteiger partial charge in [-0.15, -0.1) is 0 Å². The normalized spacial score (nSPS) is 10.9. The molecule has 0 aliphatic rings. The van der Waals surface area contributed by atoms with Gasteiger partial charge in [-0.05, 0) is 25.1 Å². The average molecular weight is 240 g/mol. The fourth-order valence-electron chi connectivity index (χ4n) is 1.97. The minimum atomic E-state index is 0.167. The maximum absolute atomic E-state index is 9.87. The molecule has 0 amide bonds. The number of aromatic nitrogens is 3. The van der Waals surface area contributed by atoms with Crippen LogP contribution in [0, 0.1) is 6.92 Å². The smallest absolute Gasteiger partial charge is 0.163 e. The quantitative estimate of drug-likeness (QED) is 0.682. The van der Waals surface area contributed by atoms with Crippen LogP contribution in [0.4, 0.5) is 5.69 Å². The summed E-state index contributed by atoms with van der Waals surface area (Å²) in [4.78, 5) is 4.28. The fourth-order valence-corrected chi connectivity index (χ4v) is 1.97. The maximum Gasteiger partial charge on any atom is 0.163 e. The number of nitrogens with zero attached hydrogens (tertiary/aromatic N) is 3. The number of hydrogen-bond donors (Lipinski definition) is 2. The Kier molecular flexibility index (Phi) is 2.19. The zero-order valence-electron chi connectivity index (χ0n) is 9.83. The van der Waals surface area contributed by atoms with Gasteiger partial charge in [-0.3, -0.25) is 0 Å². The van der Waals surface area contributed by atoms with E-state index in [0.29, 0.717) is 17.0 Å². The zero-order valence-corrected chi connectivity index (χ0v) is 9.83. The number of aromatic hydroxyl groups is 1. The first kappa shape index (κ1) is 10.6. The summed E-state index contributed by atoms with van der Waals surface area (Å²) in [6.07, 6.45) is 1.58. The van der Waals surface area contributed by atoms with E-state index in [2.05, 4.69) is 10.1 Å². The Bertz CT molecular complexity index is 733. The van der Waals surface area contributed by atoms with Crippen LogP contribution in [0.2, 0.25) is 0 Å². The number of anilines is 1. The Morgan fingerprint density at radius 1 is 1.28 bits per heavy atom. The number of phenolic OH excluding ortho intramolecular Hbond substituents is 1. The number of nitrogen functional groups attached to an aromatic ring is 1. The van der Waals surface area contributed by atoms with Crippen LogP contribution in [0.3, 0.4) is 0 Å². The van der Waals surface area contributed by atoms with Crippen molar-refractivity contribution >= 4 is 16.7 Å². The second-order valence-electron chi connectivity index (χ2n) is 4.13. The molecule has 18 heavy (non-hydrogen) atoms. The van der Waals surface area contributed by atoms with Crippen molar-refractivity contribution in [2.75, 3.05) is 5.73 Å². The Labute approximate surface area is 103 Å². The molecule has 3 aromatic rings. The van der Waals surface area contributed by atoms with Gasteiger partial charge in [0.05, 0.1) is 17.6 Å². The van der Waals surface area contributed by atoms with Gasteiger partial charge in [0.15, 0.2) is 5.65 Å². The van der Waals surface area contributed by atoms with Gasteiger partial charge in [0.2, 0.25) is 0 Å². The maximum atomic E-state index is 9.87. The van der Waals surface area contributed by atoms with Crippen molar-refractivity contribution in [2.45, 2.75) is 6.92 Å². The molecule has 0 aliphatic heterocycles. The third kappa shape index (κ3) is 1.48. The summed E-state index contributed by atoms with van der Waals surface area (Å²) in [6.45, 7) is 1.89. The average Bonchev–Trinajstić information content (AvgIpc) is 2.67. The third-order valence-electron chi connectivity index (χ3n) is 2.84. The van der Waals surface area contributed by atoms with Gasteiger partial charge in [0.1, 0.15) is 11.4 Å². The molecule has 1 aromatic carbocycles. The Morgan fingerprint density at radius 3 is 2.83 bits per heavy atom. The highest BCUT2D eigenvalue weighted by atomic mass is 16.3. The number of fused-ring (bicyclic) bond motifs is 1. The van der Waals surface area contributed by atoms with Crippen molar-refractivity contribution in [3.8, 4) is 11.4 Å². The number of para-hydroxylation sites is 2. The van der Waals surface area contributed by atoms with E-state index in [1.807, 2.05) is 19.1 Å². The molecule has 0 fully saturated rings. The molecule has 0 bridgehead atoms. The van der Waals surface area contributed by atoms with Crippen molar-refractivity contribution in [1.29, 1.82) is 0 Å². The predicted octanol–water partition coefficient (Wildman–Crippen LogP) is 2.02. The van der Waals surface area contributed by atoms with Crippen molar-refractivity contribution < 1.29 is 5.11 Å². The van der Waals surface area contributed by atoms with Crippen molar-refractivity contribution in [1.82, 2.24) is 14.8 Å². The number of hydrogen-bond acceptors (Lipinski definition) is 4. The molecule has 0 aliphatic carbocycles. The van der Waals surface area contributed by atoms with Gasteiger partial charge in [0.25, 0.3) is 0 Å². The topological polar surface area (TPSA) is 77.0 Å². The molecule has 0 unspecified atom stereocenters. The molecule has 5 heteroatoms. The molecule has 5 nitrogen and oxygen atoms in total. The Hall–Kier alpha value is -2.56. The lowest BCUT2D eigenvalue weighted by atomic mass is 10.2. The van der Waals surface area contributed by atoms with E-state index >= 15 is 0 Å². The molecule has 2 heterocycles. The highest BCUT2D eigenvalue weighted by Crippen LogP contribution is 2.26. The van der Waals surface area contributed by atoms with Crippen LogP contribution in [0.25, 0.3) is 16.7 Å². The molecule has 3 rings (SSSR count). The first-order valence-corrected chi connectivity index (χ1v) is 5.56. The molecule has 0 atom stereocenters. The SMILES string of the molecule is Cc1nn(-c2ccccc2O)c2ncc(N)cc12. The highest BCUT2D eigenvalue weighted by molar-refractivity contribution is 5.82. The first-order valence-electron chi connectivity index (χ1n) is 5.56. The highest BCUT2D eigenvalue weighted by Gasteiger charge is 2.12.